The predicted molar refractivity (Wildman–Crippen MR) is 67.3 cm³/mol. The predicted octanol–water partition coefficient (Wildman–Crippen LogP) is 1.85. The Hall–Kier alpha value is -0.834. The van der Waals surface area contributed by atoms with Crippen LogP contribution < -0.4 is 0 Å². The Kier molecular flexibility index (Phi) is 9.57. The van der Waals surface area contributed by atoms with Gasteiger partial charge in [-0.25, -0.2) is 0 Å². The van der Waals surface area contributed by atoms with E-state index in [0.29, 0.717) is 9.79 Å². The zero-order valence-corrected chi connectivity index (χ0v) is 12.2. The molecule has 2 aromatic rings. The molecule has 0 saturated heterocycles. The first-order valence-electron chi connectivity index (χ1n) is 4.90. The summed E-state index contributed by atoms with van der Waals surface area (Å²) in [5.74, 6) is 0. The van der Waals surface area contributed by atoms with E-state index in [9.17, 15) is 17.5 Å². The molecule has 7 heteroatoms. The van der Waals surface area contributed by atoms with Gasteiger partial charge in [0.2, 0.25) is 0 Å². The van der Waals surface area contributed by atoms with E-state index in [-0.39, 0.29) is 16.8 Å². The quantitative estimate of drug-likeness (QED) is 0.781. The molecule has 0 saturated carbocycles. The van der Waals surface area contributed by atoms with Crippen LogP contribution in [0.5, 0.6) is 0 Å². The molecule has 0 aliphatic rings. The van der Waals surface area contributed by atoms with Gasteiger partial charge in [0, 0.05) is 9.79 Å². The molecule has 2 rings (SSSR count). The molecular formula is C12H10CoO4S2. The Morgan fingerprint density at radius 3 is 1.05 bits per heavy atom. The maximum atomic E-state index is 10.2. The van der Waals surface area contributed by atoms with E-state index in [0.717, 1.165) is 0 Å². The van der Waals surface area contributed by atoms with E-state index in [1.54, 1.807) is 60.7 Å². The van der Waals surface area contributed by atoms with E-state index in [4.69, 9.17) is 0 Å². The fourth-order valence-corrected chi connectivity index (χ4v) is 1.82. The average molecular weight is 341 g/mol. The molecule has 4 nitrogen and oxygen atoms in total. The molecule has 0 amide bonds. The van der Waals surface area contributed by atoms with Gasteiger partial charge in [0.15, 0.2) is 0 Å². The summed E-state index contributed by atoms with van der Waals surface area (Å²) in [4.78, 5) is 0.662. The van der Waals surface area contributed by atoms with Crippen LogP contribution in [0, 0.1) is 0 Å². The van der Waals surface area contributed by atoms with E-state index in [1.807, 2.05) is 0 Å². The molecule has 0 aromatic heterocycles. The minimum Gasteiger partial charge on any atom is -0.768 e. The second-order valence-electron chi connectivity index (χ2n) is 3.10. The van der Waals surface area contributed by atoms with Gasteiger partial charge in [-0.3, -0.25) is 8.42 Å². The van der Waals surface area contributed by atoms with Crippen molar-refractivity contribution in [3.8, 4) is 0 Å². The van der Waals surface area contributed by atoms with Crippen molar-refractivity contribution in [1.29, 1.82) is 0 Å². The van der Waals surface area contributed by atoms with Crippen LogP contribution in [0.1, 0.15) is 0 Å². The van der Waals surface area contributed by atoms with E-state index in [1.165, 1.54) is 0 Å². The molecule has 0 aliphatic heterocycles. The summed E-state index contributed by atoms with van der Waals surface area (Å²) in [5, 5.41) is 0. The van der Waals surface area contributed by atoms with Gasteiger partial charge in [-0.1, -0.05) is 36.4 Å². The van der Waals surface area contributed by atoms with Crippen molar-refractivity contribution in [3.05, 3.63) is 60.7 Å². The first kappa shape index (κ1) is 18.2. The van der Waals surface area contributed by atoms with Crippen LogP contribution in [-0.2, 0) is 38.9 Å². The van der Waals surface area contributed by atoms with Crippen molar-refractivity contribution in [2.75, 3.05) is 0 Å². The van der Waals surface area contributed by atoms with Gasteiger partial charge in [-0.05, 0) is 46.4 Å². The third-order valence-corrected chi connectivity index (χ3v) is 3.19. The van der Waals surface area contributed by atoms with Crippen molar-refractivity contribution >= 4 is 22.2 Å². The minimum absolute atomic E-state index is 0. The van der Waals surface area contributed by atoms with E-state index < -0.39 is 22.2 Å². The zero-order valence-electron chi connectivity index (χ0n) is 9.56. The van der Waals surface area contributed by atoms with Gasteiger partial charge in [-0.2, -0.15) is 0 Å². The molecule has 0 aliphatic carbocycles. The van der Waals surface area contributed by atoms with Gasteiger partial charge < -0.3 is 9.11 Å². The van der Waals surface area contributed by atoms with Gasteiger partial charge in [0.05, 0.1) is 0 Å². The van der Waals surface area contributed by atoms with Crippen LogP contribution in [0.2, 0.25) is 0 Å². The Morgan fingerprint density at radius 1 is 0.632 bits per heavy atom. The zero-order chi connectivity index (χ0) is 13.4. The maximum Gasteiger partial charge on any atom is 2.00 e. The topological polar surface area (TPSA) is 80.3 Å². The largest absolute Gasteiger partial charge is 2.00 e. The standard InChI is InChI=1S/2C6H6O2S.Co/c2*7-9(8)6-4-2-1-3-5-6;/h2*1-5H,(H,7,8);/q;;+2/p-2. The van der Waals surface area contributed by atoms with Gasteiger partial charge in [-0.15, -0.1) is 0 Å². The maximum absolute atomic E-state index is 10.2. The molecule has 2 unspecified atom stereocenters. The SMILES string of the molecule is O=S([O-])c1ccccc1.O=S([O-])c1ccccc1.[Co+2]. The Labute approximate surface area is 127 Å². The molecule has 0 N–H and O–H groups in total. The smallest absolute Gasteiger partial charge is 0.768 e. The first-order valence-corrected chi connectivity index (χ1v) is 7.05. The summed E-state index contributed by atoms with van der Waals surface area (Å²) in [6, 6.07) is 16.5. The molecular weight excluding hydrogens is 331 g/mol. The number of rotatable bonds is 2. The second kappa shape index (κ2) is 10.0. The van der Waals surface area contributed by atoms with Crippen molar-refractivity contribution in [3.63, 3.8) is 0 Å². The van der Waals surface area contributed by atoms with Crippen LogP contribution in [0.15, 0.2) is 70.5 Å². The minimum atomic E-state index is -2.08. The number of benzene rings is 2. The van der Waals surface area contributed by atoms with Crippen LogP contribution in [0.4, 0.5) is 0 Å². The molecule has 2 aromatic carbocycles. The molecule has 0 fully saturated rings. The van der Waals surface area contributed by atoms with Crippen LogP contribution in [0.3, 0.4) is 0 Å². The fourth-order valence-electron chi connectivity index (χ4n) is 1.06. The van der Waals surface area contributed by atoms with Crippen LogP contribution >= 0.6 is 0 Å². The van der Waals surface area contributed by atoms with Crippen molar-refractivity contribution in [2.45, 2.75) is 9.79 Å². The number of hydrogen-bond acceptors (Lipinski definition) is 4. The molecule has 0 spiro atoms. The van der Waals surface area contributed by atoms with Gasteiger partial charge in [0.25, 0.3) is 0 Å². The Morgan fingerprint density at radius 2 is 0.895 bits per heavy atom. The molecule has 0 bridgehead atoms. The molecule has 2 atom stereocenters. The molecule has 19 heavy (non-hydrogen) atoms. The summed E-state index contributed by atoms with van der Waals surface area (Å²) in [6.45, 7) is 0. The van der Waals surface area contributed by atoms with Gasteiger partial charge in [0.1, 0.15) is 0 Å². The van der Waals surface area contributed by atoms with E-state index in [2.05, 4.69) is 0 Å². The molecule has 0 heterocycles. The van der Waals surface area contributed by atoms with E-state index >= 15 is 0 Å². The van der Waals surface area contributed by atoms with Crippen molar-refractivity contribution in [2.24, 2.45) is 0 Å². The van der Waals surface area contributed by atoms with Gasteiger partial charge >= 0.3 is 16.8 Å². The summed E-state index contributed by atoms with van der Waals surface area (Å²) in [7, 11) is 0. The summed E-state index contributed by atoms with van der Waals surface area (Å²) in [6.07, 6.45) is 0. The van der Waals surface area contributed by atoms with Crippen molar-refractivity contribution in [1.82, 2.24) is 0 Å². The third kappa shape index (κ3) is 7.36. The molecule has 103 valence electrons. The molecule has 1 radical (unpaired) electrons. The summed E-state index contributed by atoms with van der Waals surface area (Å²) in [5.41, 5.74) is 0. The first-order chi connectivity index (χ1) is 8.61. The third-order valence-electron chi connectivity index (χ3n) is 1.87. The fraction of sp³-hybridized carbons (Fsp3) is 0. The summed E-state index contributed by atoms with van der Waals surface area (Å²) >= 11 is -4.16. The van der Waals surface area contributed by atoms with Crippen molar-refractivity contribution < 1.29 is 34.3 Å². The normalized spacial score (nSPS) is 12.3. The Balaban J connectivity index is 0.000000324. The Bertz CT molecular complexity index is 470. The van der Waals surface area contributed by atoms with Crippen LogP contribution in [-0.4, -0.2) is 17.5 Å². The average Bonchev–Trinajstić information content (AvgIpc) is 2.41. The number of hydrogen-bond donors (Lipinski definition) is 0. The second-order valence-corrected chi connectivity index (χ2v) is 4.98. The van der Waals surface area contributed by atoms with Crippen LogP contribution in [0.25, 0.3) is 0 Å². The monoisotopic (exact) mass is 341 g/mol. The summed E-state index contributed by atoms with van der Waals surface area (Å²) < 4.78 is 40.8.